The molecule has 0 spiro atoms. The van der Waals surface area contributed by atoms with E-state index in [1.165, 1.54) is 0 Å². The topological polar surface area (TPSA) is 123 Å². The number of hydrogen-bond donors (Lipinski definition) is 4. The second-order valence-electron chi connectivity index (χ2n) is 3.92. The molecule has 1 saturated carbocycles. The van der Waals surface area contributed by atoms with Crippen LogP contribution in [0.3, 0.4) is 0 Å². The highest BCUT2D eigenvalue weighted by molar-refractivity contribution is 5.92. The molecule has 6 nitrogen and oxygen atoms in total. The van der Waals surface area contributed by atoms with Gasteiger partial charge in [0.25, 0.3) is 0 Å². The number of aliphatic hydroxyl groups excluding tert-OH is 1. The normalized spacial score (nSPS) is 27.4. The molecule has 0 bridgehead atoms. The molecule has 0 aromatic rings. The molecule has 86 valence electrons. The minimum Gasteiger partial charge on any atom is -0.393 e. The van der Waals surface area contributed by atoms with Crippen LogP contribution in [0.15, 0.2) is 9.98 Å². The van der Waals surface area contributed by atoms with Gasteiger partial charge >= 0.3 is 0 Å². The van der Waals surface area contributed by atoms with Gasteiger partial charge in [-0.2, -0.15) is 4.99 Å². The van der Waals surface area contributed by atoms with Gasteiger partial charge < -0.3 is 22.3 Å². The summed E-state index contributed by atoms with van der Waals surface area (Å²) in [6.07, 6.45) is 3.62. The summed E-state index contributed by atoms with van der Waals surface area (Å²) in [5.74, 6) is 0.413. The molecule has 0 heterocycles. The first-order valence-electron chi connectivity index (χ1n) is 5.15. The van der Waals surface area contributed by atoms with Gasteiger partial charge in [0.05, 0.1) is 6.10 Å². The second kappa shape index (κ2) is 5.55. The molecule has 0 amide bonds. The van der Waals surface area contributed by atoms with E-state index in [-0.39, 0.29) is 18.0 Å². The predicted octanol–water partition coefficient (Wildman–Crippen LogP) is -0.874. The highest BCUT2D eigenvalue weighted by Crippen LogP contribution is 2.24. The molecular weight excluding hydrogens is 194 g/mol. The van der Waals surface area contributed by atoms with Crippen LogP contribution in [0, 0.1) is 5.92 Å². The first-order valence-corrected chi connectivity index (χ1v) is 5.15. The Bertz CT molecular complexity index is 259. The quantitative estimate of drug-likeness (QED) is 0.351. The van der Waals surface area contributed by atoms with Crippen molar-refractivity contribution in [3.8, 4) is 0 Å². The smallest absolute Gasteiger partial charge is 0.218 e. The summed E-state index contributed by atoms with van der Waals surface area (Å²) >= 11 is 0. The van der Waals surface area contributed by atoms with Crippen molar-refractivity contribution in [1.82, 2.24) is 0 Å². The van der Waals surface area contributed by atoms with E-state index in [1.54, 1.807) is 0 Å². The monoisotopic (exact) mass is 213 g/mol. The second-order valence-corrected chi connectivity index (χ2v) is 3.92. The van der Waals surface area contributed by atoms with Crippen molar-refractivity contribution in [1.29, 1.82) is 0 Å². The van der Waals surface area contributed by atoms with Crippen molar-refractivity contribution in [3.63, 3.8) is 0 Å². The third-order valence-electron chi connectivity index (χ3n) is 2.51. The minimum atomic E-state index is -0.191. The van der Waals surface area contributed by atoms with Crippen LogP contribution in [-0.2, 0) is 0 Å². The summed E-state index contributed by atoms with van der Waals surface area (Å²) in [6, 6.07) is 0. The molecule has 1 aliphatic rings. The van der Waals surface area contributed by atoms with Gasteiger partial charge in [-0.15, -0.1) is 0 Å². The molecule has 7 N–H and O–H groups in total. The van der Waals surface area contributed by atoms with Crippen LogP contribution >= 0.6 is 0 Å². The van der Waals surface area contributed by atoms with Crippen molar-refractivity contribution in [3.05, 3.63) is 0 Å². The SMILES string of the molecule is NC(N)=NC(N)=NCC1CCCC(O)C1. The van der Waals surface area contributed by atoms with E-state index in [2.05, 4.69) is 9.98 Å². The van der Waals surface area contributed by atoms with Gasteiger partial charge in [-0.1, -0.05) is 6.42 Å². The maximum atomic E-state index is 9.44. The lowest BCUT2D eigenvalue weighted by molar-refractivity contribution is 0.103. The number of guanidine groups is 2. The van der Waals surface area contributed by atoms with Gasteiger partial charge in [0, 0.05) is 6.54 Å². The highest BCUT2D eigenvalue weighted by atomic mass is 16.3. The number of nitrogens with two attached hydrogens (primary N) is 3. The Kier molecular flexibility index (Phi) is 4.36. The molecule has 2 unspecified atom stereocenters. The molecule has 0 aliphatic heterocycles. The largest absolute Gasteiger partial charge is 0.393 e. The fourth-order valence-electron chi connectivity index (χ4n) is 1.82. The Hall–Kier alpha value is -1.30. The molecular formula is C9H19N5O. The summed E-state index contributed by atoms with van der Waals surface area (Å²) in [6.45, 7) is 0.583. The fraction of sp³-hybridized carbons (Fsp3) is 0.778. The molecule has 0 radical (unpaired) electrons. The van der Waals surface area contributed by atoms with E-state index in [0.29, 0.717) is 12.5 Å². The van der Waals surface area contributed by atoms with Crippen molar-refractivity contribution >= 4 is 11.9 Å². The molecule has 1 rings (SSSR count). The Morgan fingerprint density at radius 1 is 1.27 bits per heavy atom. The Morgan fingerprint density at radius 2 is 2.00 bits per heavy atom. The Balaban J connectivity index is 2.38. The van der Waals surface area contributed by atoms with Gasteiger partial charge in [0.15, 0.2) is 5.96 Å². The van der Waals surface area contributed by atoms with E-state index in [0.717, 1.165) is 25.7 Å². The average Bonchev–Trinajstić information content (AvgIpc) is 2.14. The molecule has 6 heteroatoms. The zero-order chi connectivity index (χ0) is 11.3. The Labute approximate surface area is 89.3 Å². The van der Waals surface area contributed by atoms with Gasteiger partial charge in [-0.3, -0.25) is 4.99 Å². The lowest BCUT2D eigenvalue weighted by atomic mass is 9.87. The summed E-state index contributed by atoms with van der Waals surface area (Å²) in [7, 11) is 0. The number of aliphatic imine (C=N–C) groups is 2. The van der Waals surface area contributed by atoms with Crippen LogP contribution in [0.5, 0.6) is 0 Å². The lowest BCUT2D eigenvalue weighted by Crippen LogP contribution is -2.27. The van der Waals surface area contributed by atoms with Gasteiger partial charge in [0.1, 0.15) is 0 Å². The molecule has 0 aromatic heterocycles. The van der Waals surface area contributed by atoms with Gasteiger partial charge in [-0.05, 0) is 25.2 Å². The number of aliphatic hydroxyl groups is 1. The van der Waals surface area contributed by atoms with Crippen LogP contribution in [0.4, 0.5) is 0 Å². The zero-order valence-electron chi connectivity index (χ0n) is 8.76. The first kappa shape index (κ1) is 11.8. The fourth-order valence-corrected chi connectivity index (χ4v) is 1.82. The maximum absolute atomic E-state index is 9.44. The maximum Gasteiger partial charge on any atom is 0.218 e. The van der Waals surface area contributed by atoms with Crippen LogP contribution in [0.1, 0.15) is 25.7 Å². The van der Waals surface area contributed by atoms with Crippen LogP contribution < -0.4 is 17.2 Å². The van der Waals surface area contributed by atoms with Crippen molar-refractivity contribution in [2.45, 2.75) is 31.8 Å². The molecule has 1 fully saturated rings. The lowest BCUT2D eigenvalue weighted by Gasteiger charge is -2.24. The number of nitrogens with zero attached hydrogens (tertiary/aromatic N) is 2. The molecule has 0 saturated heterocycles. The van der Waals surface area contributed by atoms with E-state index in [4.69, 9.17) is 17.2 Å². The van der Waals surface area contributed by atoms with Crippen molar-refractivity contribution in [2.75, 3.05) is 6.54 Å². The molecule has 0 aromatic carbocycles. The van der Waals surface area contributed by atoms with E-state index in [9.17, 15) is 5.11 Å². The van der Waals surface area contributed by atoms with Crippen LogP contribution in [0.25, 0.3) is 0 Å². The van der Waals surface area contributed by atoms with Crippen molar-refractivity contribution < 1.29 is 5.11 Å². The third kappa shape index (κ3) is 4.64. The van der Waals surface area contributed by atoms with Gasteiger partial charge in [-0.25, -0.2) is 0 Å². The van der Waals surface area contributed by atoms with E-state index in [1.807, 2.05) is 0 Å². The van der Waals surface area contributed by atoms with Crippen molar-refractivity contribution in [2.24, 2.45) is 33.1 Å². The van der Waals surface area contributed by atoms with E-state index >= 15 is 0 Å². The van der Waals surface area contributed by atoms with Crippen LogP contribution in [0.2, 0.25) is 0 Å². The molecule has 1 aliphatic carbocycles. The number of rotatable bonds is 2. The average molecular weight is 213 g/mol. The standard InChI is InChI=1S/C9H19N5O/c10-8(11)14-9(12)13-5-6-2-1-3-7(15)4-6/h6-7,15H,1-5H2,(H6,10,11,12,13,14). The third-order valence-corrected chi connectivity index (χ3v) is 2.51. The number of hydrogen-bond acceptors (Lipinski definition) is 2. The molecule has 15 heavy (non-hydrogen) atoms. The summed E-state index contributed by atoms with van der Waals surface area (Å²) < 4.78 is 0. The minimum absolute atomic E-state index is 0.0834. The highest BCUT2D eigenvalue weighted by Gasteiger charge is 2.19. The summed E-state index contributed by atoms with van der Waals surface area (Å²) in [4.78, 5) is 7.68. The zero-order valence-corrected chi connectivity index (χ0v) is 8.76. The van der Waals surface area contributed by atoms with E-state index < -0.39 is 0 Å². The first-order chi connectivity index (χ1) is 7.08. The summed E-state index contributed by atoms with van der Waals surface area (Å²) in [5, 5.41) is 9.44. The van der Waals surface area contributed by atoms with Crippen LogP contribution in [-0.4, -0.2) is 29.7 Å². The van der Waals surface area contributed by atoms with Gasteiger partial charge in [0.2, 0.25) is 5.96 Å². The summed E-state index contributed by atoms with van der Waals surface area (Å²) in [5.41, 5.74) is 15.8. The molecule has 2 atom stereocenters. The predicted molar refractivity (Wildman–Crippen MR) is 60.3 cm³/mol. The Morgan fingerprint density at radius 3 is 2.60 bits per heavy atom.